The Morgan fingerprint density at radius 1 is 1.20 bits per heavy atom. The first kappa shape index (κ1) is 18.3. The maximum Gasteiger partial charge on any atom is 0.191 e. The normalized spacial score (nSPS) is 11.9. The summed E-state index contributed by atoms with van der Waals surface area (Å²) in [4.78, 5) is 0. The SMILES string of the molecule is Cc1onc(-c2c(Cl)cccc2Cl)c1CSc1nncn1C(C)(C)C. The summed E-state index contributed by atoms with van der Waals surface area (Å²) in [6.07, 6.45) is 1.74. The predicted octanol–water partition coefficient (Wildman–Crippen LogP) is 5.60. The van der Waals surface area contributed by atoms with Gasteiger partial charge in [-0.25, -0.2) is 0 Å². The van der Waals surface area contributed by atoms with E-state index in [1.807, 2.05) is 11.5 Å². The van der Waals surface area contributed by atoms with Crippen LogP contribution in [-0.2, 0) is 11.3 Å². The highest BCUT2D eigenvalue weighted by Crippen LogP contribution is 2.38. The second-order valence-electron chi connectivity index (χ2n) is 6.61. The van der Waals surface area contributed by atoms with Gasteiger partial charge in [-0.3, -0.25) is 0 Å². The quantitative estimate of drug-likeness (QED) is 0.537. The Labute approximate surface area is 160 Å². The van der Waals surface area contributed by atoms with E-state index >= 15 is 0 Å². The van der Waals surface area contributed by atoms with Crippen LogP contribution in [0.5, 0.6) is 0 Å². The van der Waals surface area contributed by atoms with Crippen molar-refractivity contribution >= 4 is 35.0 Å². The van der Waals surface area contributed by atoms with E-state index in [0.29, 0.717) is 27.1 Å². The standard InChI is InChI=1S/C17H18Cl2N4OS/c1-10-11(8-25-16-21-20-9-23(16)17(2,3)4)15(22-24-10)14-12(18)6-5-7-13(14)19/h5-7,9H,8H2,1-4H3. The molecule has 0 amide bonds. The summed E-state index contributed by atoms with van der Waals surface area (Å²) in [5, 5.41) is 14.4. The van der Waals surface area contributed by atoms with E-state index in [1.54, 1.807) is 36.3 Å². The lowest BCUT2D eigenvalue weighted by Crippen LogP contribution is -2.21. The van der Waals surface area contributed by atoms with Crippen LogP contribution in [0.3, 0.4) is 0 Å². The van der Waals surface area contributed by atoms with Crippen molar-refractivity contribution in [3.63, 3.8) is 0 Å². The van der Waals surface area contributed by atoms with E-state index in [-0.39, 0.29) is 5.54 Å². The highest BCUT2D eigenvalue weighted by molar-refractivity contribution is 7.98. The monoisotopic (exact) mass is 396 g/mol. The van der Waals surface area contributed by atoms with E-state index in [9.17, 15) is 0 Å². The van der Waals surface area contributed by atoms with E-state index < -0.39 is 0 Å². The zero-order valence-electron chi connectivity index (χ0n) is 14.4. The Morgan fingerprint density at radius 2 is 1.88 bits per heavy atom. The number of thioether (sulfide) groups is 1. The van der Waals surface area contributed by atoms with Crippen LogP contribution in [0.15, 0.2) is 34.2 Å². The zero-order valence-corrected chi connectivity index (χ0v) is 16.7. The minimum absolute atomic E-state index is 0.0929. The molecule has 0 atom stereocenters. The number of benzene rings is 1. The fourth-order valence-electron chi connectivity index (χ4n) is 2.40. The van der Waals surface area contributed by atoms with Crippen molar-refractivity contribution in [2.75, 3.05) is 0 Å². The van der Waals surface area contributed by atoms with Gasteiger partial charge in [0.05, 0.1) is 10.0 Å². The fraction of sp³-hybridized carbons (Fsp3) is 0.353. The molecule has 5 nitrogen and oxygen atoms in total. The van der Waals surface area contributed by atoms with Gasteiger partial charge in [0.25, 0.3) is 0 Å². The molecule has 0 unspecified atom stereocenters. The van der Waals surface area contributed by atoms with Crippen molar-refractivity contribution in [1.82, 2.24) is 19.9 Å². The Balaban J connectivity index is 1.93. The average molecular weight is 397 g/mol. The van der Waals surface area contributed by atoms with Gasteiger partial charge >= 0.3 is 0 Å². The van der Waals surface area contributed by atoms with Gasteiger partial charge in [0.1, 0.15) is 17.8 Å². The topological polar surface area (TPSA) is 56.7 Å². The molecule has 132 valence electrons. The molecule has 0 bridgehead atoms. The number of hydrogen-bond donors (Lipinski definition) is 0. The predicted molar refractivity (Wildman–Crippen MR) is 101 cm³/mol. The number of halogens is 2. The summed E-state index contributed by atoms with van der Waals surface area (Å²) in [6, 6.07) is 5.39. The van der Waals surface area contributed by atoms with Gasteiger partial charge in [0.2, 0.25) is 0 Å². The number of aryl methyl sites for hydroxylation is 1. The van der Waals surface area contributed by atoms with E-state index in [0.717, 1.165) is 16.5 Å². The highest BCUT2D eigenvalue weighted by Gasteiger charge is 2.22. The smallest absolute Gasteiger partial charge is 0.191 e. The van der Waals surface area contributed by atoms with Crippen molar-refractivity contribution in [3.8, 4) is 11.3 Å². The third-order valence-electron chi connectivity index (χ3n) is 3.77. The number of aromatic nitrogens is 4. The Morgan fingerprint density at radius 3 is 2.52 bits per heavy atom. The number of nitrogens with zero attached hydrogens (tertiary/aromatic N) is 4. The van der Waals surface area contributed by atoms with Crippen LogP contribution in [0.4, 0.5) is 0 Å². The molecule has 1 aromatic carbocycles. The van der Waals surface area contributed by atoms with Gasteiger partial charge in [-0.1, -0.05) is 46.2 Å². The van der Waals surface area contributed by atoms with Gasteiger partial charge in [-0.2, -0.15) is 0 Å². The van der Waals surface area contributed by atoms with Crippen molar-refractivity contribution < 1.29 is 4.52 Å². The second kappa shape index (κ2) is 7.02. The van der Waals surface area contributed by atoms with Crippen LogP contribution in [0, 0.1) is 6.92 Å². The van der Waals surface area contributed by atoms with E-state index in [2.05, 4.69) is 36.1 Å². The van der Waals surface area contributed by atoms with Gasteiger partial charge in [-0.05, 0) is 39.8 Å². The summed E-state index contributed by atoms with van der Waals surface area (Å²) in [6.45, 7) is 8.21. The number of hydrogen-bond acceptors (Lipinski definition) is 5. The second-order valence-corrected chi connectivity index (χ2v) is 8.36. The molecule has 0 radical (unpaired) electrons. The lowest BCUT2D eigenvalue weighted by Gasteiger charge is -2.21. The molecule has 0 saturated heterocycles. The van der Waals surface area contributed by atoms with Crippen LogP contribution >= 0.6 is 35.0 Å². The zero-order chi connectivity index (χ0) is 18.2. The molecular weight excluding hydrogens is 379 g/mol. The summed E-state index contributed by atoms with van der Waals surface area (Å²) < 4.78 is 7.45. The molecule has 3 rings (SSSR count). The third kappa shape index (κ3) is 3.71. The third-order valence-corrected chi connectivity index (χ3v) is 5.37. The van der Waals surface area contributed by atoms with Crippen LogP contribution in [0.2, 0.25) is 10.0 Å². The lowest BCUT2D eigenvalue weighted by atomic mass is 10.1. The molecule has 0 aliphatic carbocycles. The van der Waals surface area contributed by atoms with Gasteiger partial charge < -0.3 is 9.09 Å². The molecule has 0 saturated carbocycles. The fourth-order valence-corrected chi connectivity index (χ4v) is 4.16. The first-order valence-corrected chi connectivity index (χ1v) is 9.46. The van der Waals surface area contributed by atoms with Crippen LogP contribution in [0.25, 0.3) is 11.3 Å². The maximum atomic E-state index is 6.33. The van der Waals surface area contributed by atoms with Crippen LogP contribution < -0.4 is 0 Å². The van der Waals surface area contributed by atoms with E-state index in [1.165, 1.54) is 0 Å². The first-order valence-electron chi connectivity index (χ1n) is 7.72. The Bertz CT molecular complexity index is 878. The molecule has 3 aromatic rings. The van der Waals surface area contributed by atoms with E-state index in [4.69, 9.17) is 27.7 Å². The lowest BCUT2D eigenvalue weighted by molar-refractivity contribution is 0.367. The Kier molecular flexibility index (Phi) is 5.14. The molecule has 0 aliphatic rings. The van der Waals surface area contributed by atoms with Gasteiger partial charge in [0, 0.05) is 22.4 Å². The summed E-state index contributed by atoms with van der Waals surface area (Å²) in [5.74, 6) is 1.36. The molecular formula is C17H18Cl2N4OS. The van der Waals surface area contributed by atoms with Gasteiger partial charge in [-0.15, -0.1) is 10.2 Å². The van der Waals surface area contributed by atoms with Crippen molar-refractivity contribution in [2.24, 2.45) is 0 Å². The molecule has 25 heavy (non-hydrogen) atoms. The number of rotatable bonds is 4. The highest BCUT2D eigenvalue weighted by atomic mass is 35.5. The van der Waals surface area contributed by atoms with Crippen molar-refractivity contribution in [1.29, 1.82) is 0 Å². The first-order chi connectivity index (χ1) is 11.8. The maximum absolute atomic E-state index is 6.33. The molecule has 2 heterocycles. The summed E-state index contributed by atoms with van der Waals surface area (Å²) in [7, 11) is 0. The molecule has 0 spiro atoms. The molecule has 0 N–H and O–H groups in total. The summed E-state index contributed by atoms with van der Waals surface area (Å²) >= 11 is 14.2. The average Bonchev–Trinajstić information content (AvgIpc) is 3.12. The molecule has 8 heteroatoms. The van der Waals surface area contributed by atoms with Gasteiger partial charge in [0.15, 0.2) is 5.16 Å². The van der Waals surface area contributed by atoms with Crippen molar-refractivity contribution in [2.45, 2.75) is 44.1 Å². The largest absolute Gasteiger partial charge is 0.361 e. The van der Waals surface area contributed by atoms with Crippen LogP contribution in [0.1, 0.15) is 32.1 Å². The molecule has 0 fully saturated rings. The minimum Gasteiger partial charge on any atom is -0.361 e. The molecule has 0 aliphatic heterocycles. The van der Waals surface area contributed by atoms with Crippen molar-refractivity contribution in [3.05, 3.63) is 45.9 Å². The molecule has 2 aromatic heterocycles. The van der Waals surface area contributed by atoms with Crippen LogP contribution in [-0.4, -0.2) is 19.9 Å². The minimum atomic E-state index is -0.0929. The Hall–Kier alpha value is -1.50. The summed E-state index contributed by atoms with van der Waals surface area (Å²) in [5.41, 5.74) is 2.21.